The summed E-state index contributed by atoms with van der Waals surface area (Å²) in [6.45, 7) is 8.62. The summed E-state index contributed by atoms with van der Waals surface area (Å²) in [6, 6.07) is 6.15. The lowest BCUT2D eigenvalue weighted by molar-refractivity contribution is 0.0170. The van der Waals surface area contributed by atoms with Gasteiger partial charge in [-0.25, -0.2) is 4.79 Å². The average Bonchev–Trinajstić information content (AvgIpc) is 2.27. The normalized spacial score (nSPS) is 13.6. The fraction of sp³-hybridized carbons (Fsp3) is 0.562. The molecule has 0 aliphatic rings. The van der Waals surface area contributed by atoms with Gasteiger partial charge < -0.3 is 20.3 Å². The van der Waals surface area contributed by atoms with Crippen molar-refractivity contribution >= 4 is 6.09 Å². The number of phenols is 1. The van der Waals surface area contributed by atoms with Crippen molar-refractivity contribution in [2.45, 2.75) is 58.3 Å². The molecule has 0 bridgehead atoms. The molecule has 1 rings (SSSR count). The third kappa shape index (κ3) is 6.49. The van der Waals surface area contributed by atoms with Gasteiger partial charge in [-0.15, -0.1) is 0 Å². The molecule has 0 heterocycles. The quantitative estimate of drug-likeness (QED) is 0.798. The minimum Gasteiger partial charge on any atom is -0.508 e. The van der Waals surface area contributed by atoms with Crippen molar-refractivity contribution in [1.29, 1.82) is 0 Å². The highest BCUT2D eigenvalue weighted by Gasteiger charge is 2.30. The first-order chi connectivity index (χ1) is 9.47. The van der Waals surface area contributed by atoms with Crippen molar-refractivity contribution in [3.63, 3.8) is 0 Å². The van der Waals surface area contributed by atoms with Crippen molar-refractivity contribution < 1.29 is 19.7 Å². The number of carbonyl (C=O) groups is 1. The van der Waals surface area contributed by atoms with Crippen molar-refractivity contribution in [3.8, 4) is 5.75 Å². The Kier molecular flexibility index (Phi) is 5.23. The number of ether oxygens (including phenoxy) is 1. The Labute approximate surface area is 125 Å². The zero-order chi connectivity index (χ0) is 16.3. The largest absolute Gasteiger partial charge is 0.508 e. The number of benzene rings is 1. The van der Waals surface area contributed by atoms with Gasteiger partial charge in [-0.2, -0.15) is 0 Å². The molecule has 0 unspecified atom stereocenters. The number of hydrogen-bond donors (Lipinski definition) is 3. The number of amides is 1. The number of nitrogens with one attached hydrogen (secondary N) is 1. The van der Waals surface area contributed by atoms with Gasteiger partial charge in [0.1, 0.15) is 11.4 Å². The molecule has 1 aromatic rings. The minimum atomic E-state index is -1.10. The molecule has 1 aromatic carbocycles. The summed E-state index contributed by atoms with van der Waals surface area (Å²) in [5, 5.41) is 22.2. The highest BCUT2D eigenvalue weighted by Crippen LogP contribution is 2.18. The van der Waals surface area contributed by atoms with Gasteiger partial charge in [0.15, 0.2) is 0 Å². The average molecular weight is 295 g/mol. The molecule has 118 valence electrons. The molecule has 0 radical (unpaired) electrons. The van der Waals surface area contributed by atoms with E-state index in [4.69, 9.17) is 4.74 Å². The molecule has 0 fully saturated rings. The Bertz CT molecular complexity index is 469. The molecule has 5 nitrogen and oxygen atoms in total. The van der Waals surface area contributed by atoms with Gasteiger partial charge in [-0.05, 0) is 58.7 Å². The van der Waals surface area contributed by atoms with Crippen LogP contribution in [0.3, 0.4) is 0 Å². The molecule has 3 N–H and O–H groups in total. The van der Waals surface area contributed by atoms with Crippen molar-refractivity contribution in [2.24, 2.45) is 0 Å². The van der Waals surface area contributed by atoms with Crippen LogP contribution in [0.15, 0.2) is 24.3 Å². The Morgan fingerprint density at radius 1 is 1.19 bits per heavy atom. The van der Waals surface area contributed by atoms with Crippen LogP contribution in [-0.2, 0) is 11.2 Å². The Morgan fingerprint density at radius 2 is 1.71 bits per heavy atom. The van der Waals surface area contributed by atoms with E-state index in [0.29, 0.717) is 6.42 Å². The van der Waals surface area contributed by atoms with E-state index in [1.807, 2.05) is 0 Å². The van der Waals surface area contributed by atoms with Gasteiger partial charge in [0.2, 0.25) is 0 Å². The van der Waals surface area contributed by atoms with Crippen molar-refractivity contribution in [1.82, 2.24) is 5.32 Å². The summed E-state index contributed by atoms with van der Waals surface area (Å²) in [5.74, 6) is 0.179. The number of rotatable bonds is 4. The van der Waals surface area contributed by atoms with E-state index >= 15 is 0 Å². The van der Waals surface area contributed by atoms with Crippen LogP contribution in [-0.4, -0.2) is 33.6 Å². The first kappa shape index (κ1) is 17.3. The molecule has 21 heavy (non-hydrogen) atoms. The summed E-state index contributed by atoms with van der Waals surface area (Å²) in [7, 11) is 0. The van der Waals surface area contributed by atoms with Gasteiger partial charge in [-0.1, -0.05) is 12.1 Å². The highest BCUT2D eigenvalue weighted by molar-refractivity contribution is 5.68. The SMILES string of the molecule is CC(C)(C)OC(=O)N[C@@H](Cc1ccc(O)cc1)C(C)(C)O. The monoisotopic (exact) mass is 295 g/mol. The van der Waals surface area contributed by atoms with Crippen LogP contribution < -0.4 is 5.32 Å². The third-order valence-electron chi connectivity index (χ3n) is 2.92. The van der Waals surface area contributed by atoms with E-state index in [0.717, 1.165) is 5.56 Å². The van der Waals surface area contributed by atoms with E-state index in [1.165, 1.54) is 0 Å². The summed E-state index contributed by atoms with van der Waals surface area (Å²) in [5.41, 5.74) is -0.794. The van der Waals surface area contributed by atoms with Crippen LogP contribution in [0.1, 0.15) is 40.2 Å². The Morgan fingerprint density at radius 3 is 2.14 bits per heavy atom. The number of hydrogen-bond acceptors (Lipinski definition) is 4. The van der Waals surface area contributed by atoms with Crippen LogP contribution in [0.2, 0.25) is 0 Å². The zero-order valence-corrected chi connectivity index (χ0v) is 13.3. The Hall–Kier alpha value is -1.75. The zero-order valence-electron chi connectivity index (χ0n) is 13.3. The fourth-order valence-corrected chi connectivity index (χ4v) is 1.79. The lowest BCUT2D eigenvalue weighted by atomic mass is 9.92. The minimum absolute atomic E-state index is 0.179. The predicted molar refractivity (Wildman–Crippen MR) is 81.3 cm³/mol. The number of alkyl carbamates (subject to hydrolysis) is 1. The molecule has 1 amide bonds. The lowest BCUT2D eigenvalue weighted by Crippen LogP contribution is -2.51. The van der Waals surface area contributed by atoms with E-state index in [9.17, 15) is 15.0 Å². The lowest BCUT2D eigenvalue weighted by Gasteiger charge is -2.31. The van der Waals surface area contributed by atoms with Crippen LogP contribution in [0, 0.1) is 0 Å². The number of aromatic hydroxyl groups is 1. The first-order valence-corrected chi connectivity index (χ1v) is 6.97. The molecule has 5 heteroatoms. The maximum absolute atomic E-state index is 11.9. The summed E-state index contributed by atoms with van der Waals surface area (Å²) in [4.78, 5) is 11.9. The van der Waals surface area contributed by atoms with Crippen LogP contribution in [0.5, 0.6) is 5.75 Å². The molecule has 0 spiro atoms. The van der Waals surface area contributed by atoms with Gasteiger partial charge in [0.05, 0.1) is 11.6 Å². The van der Waals surface area contributed by atoms with Crippen molar-refractivity contribution in [3.05, 3.63) is 29.8 Å². The molecular formula is C16H25NO4. The highest BCUT2D eigenvalue weighted by atomic mass is 16.6. The van der Waals surface area contributed by atoms with E-state index < -0.39 is 23.3 Å². The maximum atomic E-state index is 11.9. The van der Waals surface area contributed by atoms with E-state index in [1.54, 1.807) is 58.9 Å². The van der Waals surface area contributed by atoms with Crippen LogP contribution >= 0.6 is 0 Å². The van der Waals surface area contributed by atoms with Crippen molar-refractivity contribution in [2.75, 3.05) is 0 Å². The topological polar surface area (TPSA) is 78.8 Å². The van der Waals surface area contributed by atoms with Gasteiger partial charge in [-0.3, -0.25) is 0 Å². The molecular weight excluding hydrogens is 270 g/mol. The predicted octanol–water partition coefficient (Wildman–Crippen LogP) is 2.60. The first-order valence-electron chi connectivity index (χ1n) is 6.97. The number of aliphatic hydroxyl groups is 1. The molecule has 0 saturated heterocycles. The van der Waals surface area contributed by atoms with Gasteiger partial charge in [0.25, 0.3) is 0 Å². The fourth-order valence-electron chi connectivity index (χ4n) is 1.79. The van der Waals surface area contributed by atoms with Crippen LogP contribution in [0.25, 0.3) is 0 Å². The summed E-state index contributed by atoms with van der Waals surface area (Å²) < 4.78 is 5.22. The summed E-state index contributed by atoms with van der Waals surface area (Å²) >= 11 is 0. The van der Waals surface area contributed by atoms with E-state index in [-0.39, 0.29) is 5.75 Å². The Balaban J connectivity index is 2.77. The smallest absolute Gasteiger partial charge is 0.407 e. The number of phenolic OH excluding ortho intramolecular Hbond substituents is 1. The van der Waals surface area contributed by atoms with Gasteiger partial charge in [0, 0.05) is 0 Å². The third-order valence-corrected chi connectivity index (χ3v) is 2.92. The standard InChI is InChI=1S/C16H25NO4/c1-15(2,3)21-14(19)17-13(16(4,5)20)10-11-6-8-12(18)9-7-11/h6-9,13,18,20H,10H2,1-5H3,(H,17,19)/t13-/m0/s1. The van der Waals surface area contributed by atoms with Crippen LogP contribution in [0.4, 0.5) is 4.79 Å². The number of carbonyl (C=O) groups excluding carboxylic acids is 1. The molecule has 1 atom stereocenters. The second-order valence-electron chi connectivity index (χ2n) is 6.72. The van der Waals surface area contributed by atoms with E-state index in [2.05, 4.69) is 5.32 Å². The molecule has 0 saturated carbocycles. The molecule has 0 aliphatic carbocycles. The maximum Gasteiger partial charge on any atom is 0.407 e. The summed E-state index contributed by atoms with van der Waals surface area (Å²) in [6.07, 6.45) is -0.128. The van der Waals surface area contributed by atoms with Gasteiger partial charge >= 0.3 is 6.09 Å². The second kappa shape index (κ2) is 6.35. The molecule has 0 aliphatic heterocycles. The second-order valence-corrected chi connectivity index (χ2v) is 6.72. The molecule has 0 aromatic heterocycles.